The van der Waals surface area contributed by atoms with E-state index in [9.17, 15) is 8.78 Å². The van der Waals surface area contributed by atoms with E-state index >= 15 is 0 Å². The molecule has 26 heavy (non-hydrogen) atoms. The fourth-order valence-corrected chi connectivity index (χ4v) is 3.10. The molecular formula is C24H22F2. The molecule has 0 bridgehead atoms. The Morgan fingerprint density at radius 2 is 1.38 bits per heavy atom. The van der Waals surface area contributed by atoms with Gasteiger partial charge in [-0.1, -0.05) is 48.3 Å². The Morgan fingerprint density at radius 1 is 0.808 bits per heavy atom. The van der Waals surface area contributed by atoms with Gasteiger partial charge in [-0.25, -0.2) is 8.78 Å². The smallest absolute Gasteiger partial charge is 0.140 e. The van der Waals surface area contributed by atoms with Crippen LogP contribution in [-0.2, 0) is 0 Å². The van der Waals surface area contributed by atoms with Crippen molar-refractivity contribution in [2.24, 2.45) is 11.8 Å². The summed E-state index contributed by atoms with van der Waals surface area (Å²) in [5.41, 5.74) is 2.07. The minimum absolute atomic E-state index is 0.0557. The third kappa shape index (κ3) is 4.74. The minimum Gasteiger partial charge on any atom is -0.206 e. The van der Waals surface area contributed by atoms with Crippen LogP contribution in [0.3, 0.4) is 0 Å². The monoisotopic (exact) mass is 348 g/mol. The van der Waals surface area contributed by atoms with Gasteiger partial charge in [0.15, 0.2) is 0 Å². The Balaban J connectivity index is 1.78. The van der Waals surface area contributed by atoms with Gasteiger partial charge in [-0.2, -0.15) is 0 Å². The average molecular weight is 348 g/mol. The van der Waals surface area contributed by atoms with E-state index in [0.29, 0.717) is 0 Å². The van der Waals surface area contributed by atoms with Gasteiger partial charge in [0.1, 0.15) is 11.6 Å². The number of hydrogen-bond acceptors (Lipinski definition) is 0. The second kappa shape index (κ2) is 8.20. The van der Waals surface area contributed by atoms with Crippen molar-refractivity contribution < 1.29 is 8.78 Å². The van der Waals surface area contributed by atoms with Crippen LogP contribution in [0.2, 0.25) is 0 Å². The van der Waals surface area contributed by atoms with Crippen molar-refractivity contribution >= 4 is 0 Å². The van der Waals surface area contributed by atoms with Gasteiger partial charge in [-0.05, 0) is 62.8 Å². The highest BCUT2D eigenvalue weighted by molar-refractivity contribution is 5.47. The fourth-order valence-electron chi connectivity index (χ4n) is 3.10. The molecule has 0 saturated heterocycles. The summed E-state index contributed by atoms with van der Waals surface area (Å²) < 4.78 is 28.6. The standard InChI is InChI=1S/C24H22F2/c1-17-3-7-19(8-4-17)11-13-21-15-24(26)22(16-23(21)25)14-12-20-9-5-18(2)6-10-20/h3-4,7-8,15-16,18,20H,5-6,9-10H2,1-2H3. The van der Waals surface area contributed by atoms with Crippen molar-refractivity contribution in [2.45, 2.75) is 39.5 Å². The van der Waals surface area contributed by atoms with E-state index in [1.54, 1.807) is 0 Å². The zero-order chi connectivity index (χ0) is 18.5. The summed E-state index contributed by atoms with van der Waals surface area (Å²) in [5.74, 6) is 11.5. The van der Waals surface area contributed by atoms with Gasteiger partial charge < -0.3 is 0 Å². The summed E-state index contributed by atoms with van der Waals surface area (Å²) in [5, 5.41) is 0. The van der Waals surface area contributed by atoms with E-state index in [1.807, 2.05) is 31.2 Å². The molecule has 0 heterocycles. The highest BCUT2D eigenvalue weighted by Crippen LogP contribution is 2.27. The zero-order valence-corrected chi connectivity index (χ0v) is 15.2. The maximum absolute atomic E-state index is 14.3. The molecule has 0 aliphatic heterocycles. The van der Waals surface area contributed by atoms with Gasteiger partial charge in [0, 0.05) is 11.5 Å². The first-order valence-corrected chi connectivity index (χ1v) is 9.10. The molecule has 0 N–H and O–H groups in total. The van der Waals surface area contributed by atoms with Crippen LogP contribution >= 0.6 is 0 Å². The third-order valence-corrected chi connectivity index (χ3v) is 4.88. The highest BCUT2D eigenvalue weighted by Gasteiger charge is 2.16. The summed E-state index contributed by atoms with van der Waals surface area (Å²) in [7, 11) is 0. The van der Waals surface area contributed by atoms with Crippen LogP contribution in [0.5, 0.6) is 0 Å². The maximum atomic E-state index is 14.3. The molecular weight excluding hydrogens is 326 g/mol. The fraction of sp³-hybridized carbons (Fsp3) is 0.333. The first-order chi connectivity index (χ1) is 12.5. The van der Waals surface area contributed by atoms with Crippen molar-refractivity contribution in [1.82, 2.24) is 0 Å². The zero-order valence-electron chi connectivity index (χ0n) is 15.2. The second-order valence-corrected chi connectivity index (χ2v) is 7.15. The van der Waals surface area contributed by atoms with Gasteiger partial charge in [0.2, 0.25) is 0 Å². The molecule has 2 aromatic carbocycles. The van der Waals surface area contributed by atoms with Gasteiger partial charge in [0.25, 0.3) is 0 Å². The van der Waals surface area contributed by atoms with Crippen LogP contribution in [0.4, 0.5) is 8.78 Å². The van der Waals surface area contributed by atoms with Gasteiger partial charge in [-0.3, -0.25) is 0 Å². The molecule has 1 aliphatic rings. The first-order valence-electron chi connectivity index (χ1n) is 9.10. The summed E-state index contributed by atoms with van der Waals surface area (Å²) in [6.45, 7) is 4.23. The van der Waals surface area contributed by atoms with E-state index in [2.05, 4.69) is 30.6 Å². The van der Waals surface area contributed by atoms with E-state index in [1.165, 1.54) is 0 Å². The van der Waals surface area contributed by atoms with E-state index in [4.69, 9.17) is 0 Å². The molecule has 2 aromatic rings. The average Bonchev–Trinajstić information content (AvgIpc) is 2.63. The summed E-state index contributed by atoms with van der Waals surface area (Å²) >= 11 is 0. The lowest BCUT2D eigenvalue weighted by molar-refractivity contribution is 0.337. The Bertz CT molecular complexity index is 893. The molecule has 0 aromatic heterocycles. The van der Waals surface area contributed by atoms with Crippen molar-refractivity contribution in [1.29, 1.82) is 0 Å². The van der Waals surface area contributed by atoms with Crippen LogP contribution in [-0.4, -0.2) is 0 Å². The van der Waals surface area contributed by atoms with E-state index in [-0.39, 0.29) is 17.0 Å². The molecule has 1 aliphatic carbocycles. The first kappa shape index (κ1) is 18.2. The Hall–Kier alpha value is -2.58. The topological polar surface area (TPSA) is 0 Å². The lowest BCUT2D eigenvalue weighted by Gasteiger charge is -2.21. The molecule has 0 spiro atoms. The number of halogens is 2. The predicted molar refractivity (Wildman–Crippen MR) is 102 cm³/mol. The van der Waals surface area contributed by atoms with Crippen molar-refractivity contribution in [3.8, 4) is 23.7 Å². The number of benzene rings is 2. The van der Waals surface area contributed by atoms with Crippen molar-refractivity contribution in [3.63, 3.8) is 0 Å². The Kier molecular flexibility index (Phi) is 5.75. The van der Waals surface area contributed by atoms with Crippen LogP contribution in [0.25, 0.3) is 0 Å². The molecule has 132 valence electrons. The SMILES string of the molecule is Cc1ccc(C#Cc2cc(F)c(C#CC3CCC(C)CC3)cc2F)cc1. The quantitative estimate of drug-likeness (QED) is 0.524. The van der Waals surface area contributed by atoms with Gasteiger partial charge in [0.05, 0.1) is 11.1 Å². The number of aryl methyl sites for hydroxylation is 1. The van der Waals surface area contributed by atoms with Crippen LogP contribution in [0.1, 0.15) is 54.9 Å². The predicted octanol–water partition coefficient (Wildman–Crippen LogP) is 5.85. The van der Waals surface area contributed by atoms with Crippen molar-refractivity contribution in [3.05, 3.63) is 70.3 Å². The molecule has 0 atom stereocenters. The molecule has 2 heteroatoms. The minimum atomic E-state index is -0.535. The Morgan fingerprint density at radius 3 is 2.00 bits per heavy atom. The summed E-state index contributed by atoms with van der Waals surface area (Å²) in [6.07, 6.45) is 4.39. The van der Waals surface area contributed by atoms with Gasteiger partial charge >= 0.3 is 0 Å². The lowest BCUT2D eigenvalue weighted by atomic mass is 9.83. The third-order valence-electron chi connectivity index (χ3n) is 4.88. The van der Waals surface area contributed by atoms with Crippen molar-refractivity contribution in [2.75, 3.05) is 0 Å². The normalized spacial score (nSPS) is 19.1. The number of rotatable bonds is 0. The van der Waals surface area contributed by atoms with Gasteiger partial charge in [-0.15, -0.1) is 0 Å². The summed E-state index contributed by atoms with van der Waals surface area (Å²) in [4.78, 5) is 0. The molecule has 1 saturated carbocycles. The van der Waals surface area contributed by atoms with E-state index in [0.717, 1.165) is 54.9 Å². The largest absolute Gasteiger partial charge is 0.206 e. The molecule has 0 radical (unpaired) electrons. The number of hydrogen-bond donors (Lipinski definition) is 0. The molecule has 0 nitrogen and oxygen atoms in total. The molecule has 1 fully saturated rings. The second-order valence-electron chi connectivity index (χ2n) is 7.15. The van der Waals surface area contributed by atoms with E-state index < -0.39 is 11.6 Å². The molecule has 0 unspecified atom stereocenters. The molecule has 3 rings (SSSR count). The van der Waals surface area contributed by atoms with Crippen LogP contribution in [0.15, 0.2) is 36.4 Å². The van der Waals surface area contributed by atoms with Crippen LogP contribution in [0, 0.1) is 54.1 Å². The Labute approximate surface area is 154 Å². The van der Waals surface area contributed by atoms with Crippen LogP contribution < -0.4 is 0 Å². The lowest BCUT2D eigenvalue weighted by Crippen LogP contribution is -2.10. The molecule has 0 amide bonds. The maximum Gasteiger partial charge on any atom is 0.140 e. The highest BCUT2D eigenvalue weighted by atomic mass is 19.1. The summed E-state index contributed by atoms with van der Waals surface area (Å²) in [6, 6.07) is 9.90.